The van der Waals surface area contributed by atoms with E-state index in [9.17, 15) is 8.42 Å². The van der Waals surface area contributed by atoms with Gasteiger partial charge in [0.25, 0.3) is 10.0 Å². The average Bonchev–Trinajstić information content (AvgIpc) is 2.69. The Morgan fingerprint density at radius 1 is 1.50 bits per heavy atom. The Morgan fingerprint density at radius 2 is 2.25 bits per heavy atom. The number of thiophene rings is 1. The molecule has 6 heteroatoms. The van der Waals surface area contributed by atoms with E-state index in [0.717, 1.165) is 0 Å². The zero-order valence-electron chi connectivity index (χ0n) is 9.43. The highest BCUT2D eigenvalue weighted by molar-refractivity contribution is 7.91. The summed E-state index contributed by atoms with van der Waals surface area (Å²) in [5, 5.41) is 5.09. The van der Waals surface area contributed by atoms with E-state index in [4.69, 9.17) is 0 Å². The summed E-state index contributed by atoms with van der Waals surface area (Å²) < 4.78 is 26.5. The van der Waals surface area contributed by atoms with Gasteiger partial charge in [-0.25, -0.2) is 8.42 Å². The van der Waals surface area contributed by atoms with Gasteiger partial charge in [-0.05, 0) is 25.3 Å². The lowest BCUT2D eigenvalue weighted by Gasteiger charge is -2.37. The van der Waals surface area contributed by atoms with E-state index in [2.05, 4.69) is 5.32 Å². The lowest BCUT2D eigenvalue weighted by Crippen LogP contribution is -2.58. The van der Waals surface area contributed by atoms with Crippen LogP contribution in [-0.4, -0.2) is 37.9 Å². The van der Waals surface area contributed by atoms with E-state index < -0.39 is 10.0 Å². The maximum atomic E-state index is 12.2. The first-order valence-corrected chi connectivity index (χ1v) is 7.52. The van der Waals surface area contributed by atoms with E-state index in [1.54, 1.807) is 21.8 Å². The number of hydrogen-bond acceptors (Lipinski definition) is 4. The minimum atomic E-state index is -3.28. The lowest BCUT2D eigenvalue weighted by atomic mass is 10.0. The summed E-state index contributed by atoms with van der Waals surface area (Å²) in [5.41, 5.74) is -0.150. The largest absolute Gasteiger partial charge is 0.309 e. The van der Waals surface area contributed by atoms with E-state index in [0.29, 0.717) is 23.8 Å². The molecular formula is C10H16N2O2S2. The zero-order valence-corrected chi connectivity index (χ0v) is 11.1. The van der Waals surface area contributed by atoms with Gasteiger partial charge in [0.2, 0.25) is 0 Å². The fourth-order valence-corrected chi connectivity index (χ4v) is 4.58. The molecule has 0 aliphatic carbocycles. The molecule has 1 aliphatic heterocycles. The molecule has 2 heterocycles. The van der Waals surface area contributed by atoms with E-state index in [1.807, 2.05) is 13.8 Å². The number of nitrogens with zero attached hydrogens (tertiary/aromatic N) is 1. The average molecular weight is 260 g/mol. The van der Waals surface area contributed by atoms with Gasteiger partial charge in [-0.3, -0.25) is 0 Å². The number of sulfonamides is 1. The summed E-state index contributed by atoms with van der Waals surface area (Å²) in [4.78, 5) is 0. The van der Waals surface area contributed by atoms with Crippen LogP contribution in [0.15, 0.2) is 21.7 Å². The molecule has 0 bridgehead atoms. The van der Waals surface area contributed by atoms with Gasteiger partial charge in [-0.1, -0.05) is 6.07 Å². The first-order chi connectivity index (χ1) is 7.42. The molecule has 0 saturated carbocycles. The minimum Gasteiger partial charge on any atom is -0.309 e. The van der Waals surface area contributed by atoms with Gasteiger partial charge in [0, 0.05) is 25.2 Å². The zero-order chi connectivity index (χ0) is 11.8. The predicted octanol–water partition coefficient (Wildman–Crippen LogP) is 1.12. The number of nitrogens with one attached hydrogen (secondary N) is 1. The van der Waals surface area contributed by atoms with Gasteiger partial charge in [-0.15, -0.1) is 11.3 Å². The lowest BCUT2D eigenvalue weighted by molar-refractivity contribution is 0.234. The molecule has 90 valence electrons. The van der Waals surface area contributed by atoms with Crippen molar-refractivity contribution < 1.29 is 8.42 Å². The normalized spacial score (nSPS) is 22.1. The molecule has 0 spiro atoms. The summed E-state index contributed by atoms with van der Waals surface area (Å²) in [7, 11) is -3.28. The van der Waals surface area contributed by atoms with Gasteiger partial charge in [0.1, 0.15) is 4.21 Å². The SMILES string of the molecule is CC1(C)CN(S(=O)(=O)c2cccs2)CCN1. The van der Waals surface area contributed by atoms with Crippen LogP contribution in [0.3, 0.4) is 0 Å². The van der Waals surface area contributed by atoms with Crippen LogP contribution >= 0.6 is 11.3 Å². The third kappa shape index (κ3) is 2.29. The van der Waals surface area contributed by atoms with Crippen LogP contribution in [-0.2, 0) is 10.0 Å². The maximum Gasteiger partial charge on any atom is 0.252 e. The summed E-state index contributed by atoms with van der Waals surface area (Å²) in [5.74, 6) is 0. The Hall–Kier alpha value is -0.430. The second-order valence-corrected chi connectivity index (χ2v) is 7.69. The van der Waals surface area contributed by atoms with Crippen LogP contribution in [0.5, 0.6) is 0 Å². The molecule has 0 atom stereocenters. The van der Waals surface area contributed by atoms with Crippen molar-refractivity contribution in [1.29, 1.82) is 0 Å². The Kier molecular flexibility index (Phi) is 3.09. The summed E-state index contributed by atoms with van der Waals surface area (Å²) in [6.45, 7) is 5.81. The van der Waals surface area contributed by atoms with E-state index in [-0.39, 0.29) is 5.54 Å². The van der Waals surface area contributed by atoms with Gasteiger partial charge in [0.15, 0.2) is 0 Å². The van der Waals surface area contributed by atoms with E-state index in [1.165, 1.54) is 11.3 Å². The Morgan fingerprint density at radius 3 is 2.81 bits per heavy atom. The van der Waals surface area contributed by atoms with Crippen LogP contribution < -0.4 is 5.32 Å². The van der Waals surface area contributed by atoms with Crippen LogP contribution in [0.2, 0.25) is 0 Å². The Labute approximate surface area is 100 Å². The number of hydrogen-bond donors (Lipinski definition) is 1. The van der Waals surface area contributed by atoms with Crippen molar-refractivity contribution in [3.8, 4) is 0 Å². The van der Waals surface area contributed by atoms with Gasteiger partial charge >= 0.3 is 0 Å². The molecule has 1 N–H and O–H groups in total. The molecule has 2 rings (SSSR count). The Balaban J connectivity index is 2.25. The van der Waals surface area contributed by atoms with Gasteiger partial charge < -0.3 is 5.32 Å². The first-order valence-electron chi connectivity index (χ1n) is 5.20. The molecule has 1 aromatic rings. The molecule has 4 nitrogen and oxygen atoms in total. The second-order valence-electron chi connectivity index (χ2n) is 4.58. The molecule has 0 aromatic carbocycles. The molecule has 0 unspecified atom stereocenters. The highest BCUT2D eigenvalue weighted by Crippen LogP contribution is 2.23. The van der Waals surface area contributed by atoms with Crippen molar-refractivity contribution in [3.63, 3.8) is 0 Å². The molecular weight excluding hydrogens is 244 g/mol. The standard InChI is InChI=1S/C10H16N2O2S2/c1-10(2)8-12(6-5-11-10)16(13,14)9-4-3-7-15-9/h3-4,7,11H,5-6,8H2,1-2H3. The maximum absolute atomic E-state index is 12.2. The van der Waals surface area contributed by atoms with Crippen LogP contribution in [0.1, 0.15) is 13.8 Å². The summed E-state index contributed by atoms with van der Waals surface area (Å²) >= 11 is 1.27. The number of piperazine rings is 1. The second kappa shape index (κ2) is 4.10. The third-order valence-electron chi connectivity index (χ3n) is 2.63. The van der Waals surface area contributed by atoms with Crippen LogP contribution in [0.4, 0.5) is 0 Å². The van der Waals surface area contributed by atoms with Crippen LogP contribution in [0, 0.1) is 0 Å². The van der Waals surface area contributed by atoms with Crippen molar-refractivity contribution in [3.05, 3.63) is 17.5 Å². The quantitative estimate of drug-likeness (QED) is 0.867. The topological polar surface area (TPSA) is 49.4 Å². The summed E-state index contributed by atoms with van der Waals surface area (Å²) in [6, 6.07) is 3.43. The fourth-order valence-electron chi connectivity index (χ4n) is 1.84. The molecule has 1 saturated heterocycles. The smallest absolute Gasteiger partial charge is 0.252 e. The van der Waals surface area contributed by atoms with Gasteiger partial charge in [-0.2, -0.15) is 4.31 Å². The highest BCUT2D eigenvalue weighted by atomic mass is 32.2. The van der Waals surface area contributed by atoms with Crippen molar-refractivity contribution in [2.24, 2.45) is 0 Å². The predicted molar refractivity (Wildman–Crippen MR) is 65.2 cm³/mol. The molecule has 16 heavy (non-hydrogen) atoms. The van der Waals surface area contributed by atoms with Crippen LogP contribution in [0.25, 0.3) is 0 Å². The molecule has 0 radical (unpaired) electrons. The van der Waals surface area contributed by atoms with E-state index >= 15 is 0 Å². The third-order valence-corrected chi connectivity index (χ3v) is 5.84. The van der Waals surface area contributed by atoms with Crippen molar-refractivity contribution in [1.82, 2.24) is 9.62 Å². The van der Waals surface area contributed by atoms with Crippen molar-refractivity contribution in [2.75, 3.05) is 19.6 Å². The molecule has 0 amide bonds. The minimum absolute atomic E-state index is 0.150. The van der Waals surface area contributed by atoms with Gasteiger partial charge in [0.05, 0.1) is 0 Å². The van der Waals surface area contributed by atoms with Crippen molar-refractivity contribution >= 4 is 21.4 Å². The molecule has 1 aliphatic rings. The number of rotatable bonds is 2. The Bertz CT molecular complexity index is 451. The highest BCUT2D eigenvalue weighted by Gasteiger charge is 2.34. The fraction of sp³-hybridized carbons (Fsp3) is 0.600. The monoisotopic (exact) mass is 260 g/mol. The van der Waals surface area contributed by atoms with Crippen molar-refractivity contribution in [2.45, 2.75) is 23.6 Å². The molecule has 1 fully saturated rings. The molecule has 1 aromatic heterocycles. The summed E-state index contributed by atoms with van der Waals surface area (Å²) in [6.07, 6.45) is 0. The first kappa shape index (κ1) is 12.0.